The Morgan fingerprint density at radius 2 is 1.53 bits per heavy atom. The number of rotatable bonds is 10. The van der Waals surface area contributed by atoms with Gasteiger partial charge in [-0.15, -0.1) is 10.2 Å². The summed E-state index contributed by atoms with van der Waals surface area (Å²) in [6, 6.07) is 5.18. The van der Waals surface area contributed by atoms with Crippen LogP contribution < -0.4 is 16.4 Å². The molecule has 1 heterocycles. The molecule has 0 spiro atoms. The van der Waals surface area contributed by atoms with E-state index in [1.54, 1.807) is 0 Å². The van der Waals surface area contributed by atoms with Gasteiger partial charge in [-0.05, 0) is 47.3 Å². The number of nitrogens with two attached hydrogens (primary N) is 1. The minimum Gasteiger partial charge on any atom is -0.507 e. The molecule has 24 heteroatoms. The number of halogens is 1. The molecule has 3 aromatic carbocycles. The summed E-state index contributed by atoms with van der Waals surface area (Å²) in [6.45, 7) is -0.189. The molecule has 47 heavy (non-hydrogen) atoms. The standard InChI is InChI=1S/C23H22ClN9O11S3/c1-33(2)17(35)9-26-22-28-21(24)29-23(30-22)27-11-3-4-13(15(7-11)46(39,40)41)31-32-20-16(47(42,43)44)6-10-5-12(45(36,37)38)8-14(34)18(10)19(20)25/h3-8,34H,9,25H2,1-2H3,(H,36,37,38)(H,39,40,41)(H,42,43,44)(H2,26,27,28,29,30). The Morgan fingerprint density at radius 3 is 2.13 bits per heavy atom. The number of anilines is 4. The van der Waals surface area contributed by atoms with E-state index in [0.29, 0.717) is 12.1 Å². The van der Waals surface area contributed by atoms with Gasteiger partial charge >= 0.3 is 0 Å². The highest BCUT2D eigenvalue weighted by atomic mass is 35.5. The topological polar surface area (TPSA) is 317 Å². The minimum atomic E-state index is -5.17. The molecular formula is C23H22ClN9O11S3. The number of carbonyl (C=O) groups excluding carboxylic acids is 1. The number of nitrogen functional groups attached to an aromatic ring is 1. The van der Waals surface area contributed by atoms with Gasteiger partial charge < -0.3 is 26.4 Å². The lowest BCUT2D eigenvalue weighted by Gasteiger charge is -2.13. The smallest absolute Gasteiger partial charge is 0.296 e. The van der Waals surface area contributed by atoms with E-state index in [1.165, 1.54) is 25.1 Å². The highest BCUT2D eigenvalue weighted by molar-refractivity contribution is 7.86. The fourth-order valence-electron chi connectivity index (χ4n) is 3.85. The van der Waals surface area contributed by atoms with Gasteiger partial charge in [-0.3, -0.25) is 18.5 Å². The maximum atomic E-state index is 12.3. The first-order chi connectivity index (χ1) is 21.6. The van der Waals surface area contributed by atoms with Crippen molar-refractivity contribution in [2.24, 2.45) is 10.2 Å². The number of benzene rings is 3. The number of hydrogen-bond acceptors (Lipinski definition) is 16. The van der Waals surface area contributed by atoms with Crippen molar-refractivity contribution in [3.05, 3.63) is 41.7 Å². The van der Waals surface area contributed by atoms with Crippen LogP contribution in [0, 0.1) is 0 Å². The van der Waals surface area contributed by atoms with E-state index in [-0.39, 0.29) is 46.1 Å². The first kappa shape index (κ1) is 35.1. The molecule has 0 unspecified atom stereocenters. The predicted molar refractivity (Wildman–Crippen MR) is 165 cm³/mol. The number of phenols is 1. The van der Waals surface area contributed by atoms with Crippen LogP contribution in [0.15, 0.2) is 61.3 Å². The lowest BCUT2D eigenvalue weighted by atomic mass is 10.1. The first-order valence-electron chi connectivity index (χ1n) is 12.3. The summed E-state index contributed by atoms with van der Waals surface area (Å²) in [5.41, 5.74) is 3.96. The molecular weight excluding hydrogens is 710 g/mol. The Hall–Kier alpha value is -4.78. The van der Waals surface area contributed by atoms with Gasteiger partial charge in [0.05, 0.1) is 17.1 Å². The van der Waals surface area contributed by atoms with E-state index in [9.17, 15) is 48.8 Å². The molecule has 0 bridgehead atoms. The third kappa shape index (κ3) is 8.15. The summed E-state index contributed by atoms with van der Waals surface area (Å²) < 4.78 is 101. The molecule has 0 aliphatic heterocycles. The van der Waals surface area contributed by atoms with Crippen LogP contribution in [-0.4, -0.2) is 90.4 Å². The molecule has 0 radical (unpaired) electrons. The minimum absolute atomic E-state index is 0.0439. The number of aromatic hydroxyl groups is 1. The van der Waals surface area contributed by atoms with Crippen LogP contribution in [-0.2, 0) is 35.1 Å². The van der Waals surface area contributed by atoms with Gasteiger partial charge in [0.1, 0.15) is 26.9 Å². The van der Waals surface area contributed by atoms with Crippen molar-refractivity contribution in [2.75, 3.05) is 37.0 Å². The third-order valence-electron chi connectivity index (χ3n) is 6.00. The van der Waals surface area contributed by atoms with Crippen LogP contribution in [0.3, 0.4) is 0 Å². The summed E-state index contributed by atoms with van der Waals surface area (Å²) in [5, 5.41) is 22.0. The normalized spacial score (nSPS) is 12.4. The van der Waals surface area contributed by atoms with Gasteiger partial charge in [0.15, 0.2) is 0 Å². The lowest BCUT2D eigenvalue weighted by molar-refractivity contribution is -0.126. The number of azo groups is 1. The zero-order chi connectivity index (χ0) is 35.1. The largest absolute Gasteiger partial charge is 0.507 e. The van der Waals surface area contributed by atoms with E-state index < -0.39 is 67.9 Å². The Kier molecular flexibility index (Phi) is 9.54. The maximum Gasteiger partial charge on any atom is 0.296 e. The van der Waals surface area contributed by atoms with E-state index in [1.807, 2.05) is 0 Å². The van der Waals surface area contributed by atoms with Crippen molar-refractivity contribution < 1.29 is 48.8 Å². The molecule has 8 N–H and O–H groups in total. The van der Waals surface area contributed by atoms with Gasteiger partial charge in [-0.25, -0.2) is 0 Å². The second-order valence-corrected chi connectivity index (χ2v) is 14.0. The van der Waals surface area contributed by atoms with Crippen molar-refractivity contribution in [1.29, 1.82) is 0 Å². The van der Waals surface area contributed by atoms with Gasteiger partial charge in [-0.1, -0.05) is 0 Å². The average molecular weight is 732 g/mol. The number of aromatic nitrogens is 3. The zero-order valence-corrected chi connectivity index (χ0v) is 26.9. The third-order valence-corrected chi connectivity index (χ3v) is 8.75. The molecule has 4 aromatic rings. The molecule has 0 fully saturated rings. The summed E-state index contributed by atoms with van der Waals surface area (Å²) in [5.74, 6) is -1.46. The summed E-state index contributed by atoms with van der Waals surface area (Å²) in [6.07, 6.45) is 0. The van der Waals surface area contributed by atoms with Crippen molar-refractivity contribution in [2.45, 2.75) is 14.7 Å². The van der Waals surface area contributed by atoms with E-state index in [4.69, 9.17) is 17.3 Å². The predicted octanol–water partition coefficient (Wildman–Crippen LogP) is 2.37. The highest BCUT2D eigenvalue weighted by Gasteiger charge is 2.25. The molecule has 1 amide bonds. The maximum absolute atomic E-state index is 12.3. The summed E-state index contributed by atoms with van der Waals surface area (Å²) >= 11 is 5.93. The molecule has 0 saturated carbocycles. The van der Waals surface area contributed by atoms with Gasteiger partial charge in [-0.2, -0.15) is 40.2 Å². The highest BCUT2D eigenvalue weighted by Crippen LogP contribution is 2.43. The number of fused-ring (bicyclic) bond motifs is 1. The fraction of sp³-hybridized carbons (Fsp3) is 0.130. The Balaban J connectivity index is 1.77. The van der Waals surface area contributed by atoms with Crippen LogP contribution in [0.25, 0.3) is 10.8 Å². The Labute approximate surface area is 270 Å². The van der Waals surface area contributed by atoms with Gasteiger partial charge in [0.2, 0.25) is 23.1 Å². The second-order valence-electron chi connectivity index (χ2n) is 9.50. The van der Waals surface area contributed by atoms with Gasteiger partial charge in [0, 0.05) is 31.2 Å². The molecule has 0 aliphatic rings. The number of phenolic OH excluding ortho intramolecular Hbond substituents is 1. The quantitative estimate of drug-likeness (QED) is 0.0699. The number of nitrogens with one attached hydrogen (secondary N) is 2. The number of carbonyl (C=O) groups is 1. The number of hydrogen-bond donors (Lipinski definition) is 7. The molecule has 4 rings (SSSR count). The van der Waals surface area contributed by atoms with E-state index in [2.05, 4.69) is 35.8 Å². The molecule has 20 nitrogen and oxygen atoms in total. The Bertz CT molecular complexity index is 2300. The molecule has 250 valence electrons. The van der Waals surface area contributed by atoms with Crippen LogP contribution >= 0.6 is 11.6 Å². The lowest BCUT2D eigenvalue weighted by Crippen LogP contribution is -2.29. The Morgan fingerprint density at radius 1 is 0.894 bits per heavy atom. The number of amides is 1. The average Bonchev–Trinajstić information content (AvgIpc) is 2.93. The SMILES string of the molecule is CN(C)C(=O)CNc1nc(Cl)nc(Nc2ccc(N=Nc3c(S(=O)(=O)O)cc4cc(S(=O)(=O)O)cc(O)c4c3N)c(S(=O)(=O)O)c2)n1. The molecule has 1 aromatic heterocycles. The monoisotopic (exact) mass is 731 g/mol. The number of likely N-dealkylation sites (N-methyl/N-ethyl adjacent to an activating group) is 1. The molecule has 0 saturated heterocycles. The number of nitrogens with zero attached hydrogens (tertiary/aromatic N) is 6. The van der Waals surface area contributed by atoms with Crippen molar-refractivity contribution in [3.63, 3.8) is 0 Å². The van der Waals surface area contributed by atoms with Crippen molar-refractivity contribution >= 4 is 93.3 Å². The summed E-state index contributed by atoms with van der Waals surface area (Å²) in [4.78, 5) is 22.2. The van der Waals surface area contributed by atoms with Crippen molar-refractivity contribution in [1.82, 2.24) is 19.9 Å². The zero-order valence-electron chi connectivity index (χ0n) is 23.7. The first-order valence-corrected chi connectivity index (χ1v) is 17.0. The second kappa shape index (κ2) is 12.8. The van der Waals surface area contributed by atoms with Crippen LogP contribution in [0.4, 0.5) is 34.6 Å². The summed E-state index contributed by atoms with van der Waals surface area (Å²) in [7, 11) is -12.0. The fourth-order valence-corrected chi connectivity index (χ4v) is 5.87. The molecule has 0 atom stereocenters. The van der Waals surface area contributed by atoms with Crippen LogP contribution in [0.5, 0.6) is 5.75 Å². The van der Waals surface area contributed by atoms with Crippen LogP contribution in [0.2, 0.25) is 5.28 Å². The molecule has 0 aliphatic carbocycles. The van der Waals surface area contributed by atoms with E-state index >= 15 is 0 Å². The van der Waals surface area contributed by atoms with E-state index in [0.717, 1.165) is 18.2 Å². The van der Waals surface area contributed by atoms with Gasteiger partial charge in [0.25, 0.3) is 30.4 Å². The van der Waals surface area contributed by atoms with Crippen molar-refractivity contribution in [3.8, 4) is 5.75 Å². The van der Waals surface area contributed by atoms with Crippen LogP contribution in [0.1, 0.15) is 0 Å².